The number of hydrogen-bond acceptors (Lipinski definition) is 6. The molecule has 0 fully saturated rings. The number of nitrogens with one attached hydrogen (secondary N) is 2. The van der Waals surface area contributed by atoms with Crippen LogP contribution in [-0.2, 0) is 24.0 Å². The minimum Gasteiger partial charge on any atom is -0.488 e. The molecule has 0 aliphatic carbocycles. The Kier molecular flexibility index (Phi) is 8.74. The first-order valence-corrected chi connectivity index (χ1v) is 12.7. The molecule has 0 aliphatic rings. The van der Waals surface area contributed by atoms with Crippen LogP contribution in [0.3, 0.4) is 0 Å². The number of hydrogen-bond donors (Lipinski definition) is 2. The van der Waals surface area contributed by atoms with Gasteiger partial charge in [0.2, 0.25) is 5.91 Å². The monoisotopic (exact) mass is 606 g/mol. The van der Waals surface area contributed by atoms with Gasteiger partial charge in [-0.15, -0.1) is 11.3 Å². The van der Waals surface area contributed by atoms with Crippen LogP contribution in [-0.4, -0.2) is 17.1 Å². The molecular weight excluding hydrogens is 588 g/mol. The van der Waals surface area contributed by atoms with Gasteiger partial charge in [0.25, 0.3) is 0 Å². The molecule has 0 aliphatic heterocycles. The van der Waals surface area contributed by atoms with Gasteiger partial charge in [-0.05, 0) is 54.1 Å². The second-order valence-corrected chi connectivity index (χ2v) is 9.69. The van der Waals surface area contributed by atoms with E-state index < -0.39 is 17.6 Å². The van der Waals surface area contributed by atoms with E-state index in [9.17, 15) is 22.4 Å². The molecule has 0 saturated heterocycles. The van der Waals surface area contributed by atoms with Gasteiger partial charge in [-0.2, -0.15) is 18.3 Å². The highest BCUT2D eigenvalue weighted by atomic mass is 79.9. The van der Waals surface area contributed by atoms with E-state index >= 15 is 0 Å². The third-order valence-corrected chi connectivity index (χ3v) is 6.31. The molecule has 0 saturated carbocycles. The topological polar surface area (TPSA) is 75.6 Å². The Hall–Kier alpha value is -3.77. The summed E-state index contributed by atoms with van der Waals surface area (Å²) in [6.45, 7) is 0.218. The Labute approximate surface area is 227 Å². The molecule has 1 aromatic heterocycles. The molecule has 4 rings (SSSR count). The maximum atomic E-state index is 13.1. The van der Waals surface area contributed by atoms with E-state index in [4.69, 9.17) is 4.74 Å². The Bertz CT molecular complexity index is 1440. The van der Waals surface area contributed by atoms with Crippen molar-refractivity contribution in [2.45, 2.75) is 19.2 Å². The third-order valence-electron chi connectivity index (χ3n) is 5.01. The standard InChI is InChI=1S/C26H19BrF4N4O2S/c27-19-6-9-23(37-14-16-4-7-20(28)8-5-16)17(10-19)13-32-35-24(36)12-22-15-38-25(34-22)33-21-3-1-2-18(11-21)26(29,30)31/h1-11,13,15H,12,14H2,(H,33,34)(H,35,36)/b32-13-. The molecule has 3 aromatic carbocycles. The maximum Gasteiger partial charge on any atom is 0.416 e. The molecule has 1 amide bonds. The minimum atomic E-state index is -4.45. The van der Waals surface area contributed by atoms with Crippen LogP contribution in [0.1, 0.15) is 22.4 Å². The van der Waals surface area contributed by atoms with Crippen LogP contribution < -0.4 is 15.5 Å². The van der Waals surface area contributed by atoms with Crippen molar-refractivity contribution in [1.82, 2.24) is 10.4 Å². The molecule has 4 aromatic rings. The van der Waals surface area contributed by atoms with Crippen LogP contribution in [0.4, 0.5) is 28.4 Å². The highest BCUT2D eigenvalue weighted by Gasteiger charge is 2.30. The fourth-order valence-corrected chi connectivity index (χ4v) is 4.32. The zero-order valence-electron chi connectivity index (χ0n) is 19.4. The van der Waals surface area contributed by atoms with Crippen molar-refractivity contribution in [3.8, 4) is 5.75 Å². The molecule has 0 spiro atoms. The number of amides is 1. The Balaban J connectivity index is 1.32. The number of hydrazone groups is 1. The summed E-state index contributed by atoms with van der Waals surface area (Å²) in [6, 6.07) is 16.0. The molecule has 2 N–H and O–H groups in total. The van der Waals surface area contributed by atoms with Crippen molar-refractivity contribution in [3.63, 3.8) is 0 Å². The molecule has 12 heteroatoms. The number of halogens is 5. The van der Waals surface area contributed by atoms with Crippen LogP contribution >= 0.6 is 27.3 Å². The van der Waals surface area contributed by atoms with Crippen LogP contribution in [0.15, 0.2) is 81.7 Å². The van der Waals surface area contributed by atoms with Crippen molar-refractivity contribution < 1.29 is 27.1 Å². The normalized spacial score (nSPS) is 11.5. The summed E-state index contributed by atoms with van der Waals surface area (Å²) in [5, 5.41) is 8.80. The number of benzene rings is 3. The number of ether oxygens (including phenoxy) is 1. The second-order valence-electron chi connectivity index (χ2n) is 7.91. The second kappa shape index (κ2) is 12.2. The lowest BCUT2D eigenvalue weighted by atomic mass is 10.2. The molecule has 0 unspecified atom stereocenters. The summed E-state index contributed by atoms with van der Waals surface area (Å²) in [7, 11) is 0. The number of alkyl halides is 3. The number of carbonyl (C=O) groups is 1. The Morgan fingerprint density at radius 1 is 1.11 bits per heavy atom. The lowest BCUT2D eigenvalue weighted by molar-refractivity contribution is -0.137. The van der Waals surface area contributed by atoms with E-state index in [-0.39, 0.29) is 24.5 Å². The van der Waals surface area contributed by atoms with Gasteiger partial charge in [-0.25, -0.2) is 14.8 Å². The predicted octanol–water partition coefficient (Wildman–Crippen LogP) is 7.08. The van der Waals surface area contributed by atoms with E-state index in [1.54, 1.807) is 35.7 Å². The summed E-state index contributed by atoms with van der Waals surface area (Å²) >= 11 is 4.55. The van der Waals surface area contributed by atoms with Gasteiger partial charge in [0, 0.05) is 21.1 Å². The maximum absolute atomic E-state index is 13.1. The highest BCUT2D eigenvalue weighted by molar-refractivity contribution is 9.10. The zero-order chi connectivity index (χ0) is 27.1. The molecule has 1 heterocycles. The van der Waals surface area contributed by atoms with Gasteiger partial charge in [0.05, 0.1) is 23.9 Å². The van der Waals surface area contributed by atoms with Crippen molar-refractivity contribution in [1.29, 1.82) is 0 Å². The number of nitrogens with zero attached hydrogens (tertiary/aromatic N) is 2. The summed E-state index contributed by atoms with van der Waals surface area (Å²) in [4.78, 5) is 16.6. The summed E-state index contributed by atoms with van der Waals surface area (Å²) in [6.07, 6.45) is -3.09. The molecule has 0 atom stereocenters. The summed E-state index contributed by atoms with van der Waals surface area (Å²) in [5.74, 6) is -0.247. The Morgan fingerprint density at radius 3 is 2.66 bits per heavy atom. The van der Waals surface area contributed by atoms with E-state index in [2.05, 4.69) is 36.8 Å². The zero-order valence-corrected chi connectivity index (χ0v) is 21.8. The smallest absolute Gasteiger partial charge is 0.416 e. The van der Waals surface area contributed by atoms with Crippen molar-refractivity contribution in [2.24, 2.45) is 5.10 Å². The van der Waals surface area contributed by atoms with Gasteiger partial charge in [-0.3, -0.25) is 4.79 Å². The number of rotatable bonds is 9. The molecular formula is C26H19BrF4N4O2S. The first-order valence-electron chi connectivity index (χ1n) is 11.0. The summed E-state index contributed by atoms with van der Waals surface area (Å²) in [5.41, 5.74) is 3.71. The molecule has 38 heavy (non-hydrogen) atoms. The SMILES string of the molecule is O=C(Cc1csc(Nc2cccc(C(F)(F)F)c2)n1)N/N=C\c1cc(Br)ccc1OCc1ccc(F)cc1. The van der Waals surface area contributed by atoms with Crippen LogP contribution in [0.2, 0.25) is 0 Å². The first-order chi connectivity index (χ1) is 18.2. The van der Waals surface area contributed by atoms with Gasteiger partial charge in [-0.1, -0.05) is 34.1 Å². The number of aromatic nitrogens is 1. The first kappa shape index (κ1) is 27.3. The van der Waals surface area contributed by atoms with Crippen LogP contribution in [0, 0.1) is 5.82 Å². The third kappa shape index (κ3) is 7.86. The average molecular weight is 607 g/mol. The van der Waals surface area contributed by atoms with Gasteiger partial charge in [0.15, 0.2) is 5.13 Å². The number of carbonyl (C=O) groups excluding carboxylic acids is 1. The number of anilines is 2. The van der Waals surface area contributed by atoms with Gasteiger partial charge < -0.3 is 10.1 Å². The van der Waals surface area contributed by atoms with Crippen LogP contribution in [0.25, 0.3) is 0 Å². The van der Waals surface area contributed by atoms with Crippen molar-refractivity contribution in [3.05, 3.63) is 105 Å². The fourth-order valence-electron chi connectivity index (χ4n) is 3.21. The molecule has 196 valence electrons. The lowest BCUT2D eigenvalue weighted by Gasteiger charge is -2.10. The van der Waals surface area contributed by atoms with E-state index in [1.807, 2.05) is 0 Å². The van der Waals surface area contributed by atoms with E-state index in [0.717, 1.165) is 33.5 Å². The van der Waals surface area contributed by atoms with Gasteiger partial charge in [0.1, 0.15) is 18.2 Å². The Morgan fingerprint density at radius 2 is 1.89 bits per heavy atom. The average Bonchev–Trinajstić information content (AvgIpc) is 3.30. The lowest BCUT2D eigenvalue weighted by Crippen LogP contribution is -2.20. The minimum absolute atomic E-state index is 0.0789. The predicted molar refractivity (Wildman–Crippen MR) is 141 cm³/mol. The van der Waals surface area contributed by atoms with E-state index in [1.165, 1.54) is 30.5 Å². The largest absolute Gasteiger partial charge is 0.488 e. The van der Waals surface area contributed by atoms with Gasteiger partial charge >= 0.3 is 6.18 Å². The summed E-state index contributed by atoms with van der Waals surface area (Å²) < 4.78 is 58.4. The van der Waals surface area contributed by atoms with Crippen LogP contribution in [0.5, 0.6) is 5.75 Å². The van der Waals surface area contributed by atoms with E-state index in [0.29, 0.717) is 22.1 Å². The molecule has 6 nitrogen and oxygen atoms in total. The number of thiazole rings is 1. The quantitative estimate of drug-likeness (QED) is 0.121. The highest BCUT2D eigenvalue weighted by Crippen LogP contribution is 2.32. The molecule has 0 radical (unpaired) electrons. The fraction of sp³-hybridized carbons (Fsp3) is 0.115. The molecule has 0 bridgehead atoms. The van der Waals surface area contributed by atoms with Crippen molar-refractivity contribution in [2.75, 3.05) is 5.32 Å². The van der Waals surface area contributed by atoms with Crippen molar-refractivity contribution >= 4 is 50.2 Å².